The van der Waals surface area contributed by atoms with Gasteiger partial charge in [0, 0.05) is 23.0 Å². The van der Waals surface area contributed by atoms with Crippen molar-refractivity contribution in [1.29, 1.82) is 0 Å². The quantitative estimate of drug-likeness (QED) is 0.299. The van der Waals surface area contributed by atoms with Crippen molar-refractivity contribution >= 4 is 35.1 Å². The summed E-state index contributed by atoms with van der Waals surface area (Å²) in [7, 11) is 3.09. The number of nitrogens with zero attached hydrogens (tertiary/aromatic N) is 1. The predicted octanol–water partition coefficient (Wildman–Crippen LogP) is 3.84. The Labute approximate surface area is 186 Å². The molecule has 0 atom stereocenters. The maximum Gasteiger partial charge on any atom is 0.329 e. The molecule has 164 valence electrons. The van der Waals surface area contributed by atoms with Crippen LogP contribution in [-0.2, 0) is 9.59 Å². The highest BCUT2D eigenvalue weighted by molar-refractivity contribution is 6.39. The zero-order chi connectivity index (χ0) is 22.9. The van der Waals surface area contributed by atoms with E-state index in [1.807, 2.05) is 43.3 Å². The number of carbonyl (C=O) groups is 2. The number of hydrazone groups is 1. The van der Waals surface area contributed by atoms with Gasteiger partial charge in [-0.15, -0.1) is 0 Å². The van der Waals surface area contributed by atoms with Crippen LogP contribution >= 0.6 is 0 Å². The number of ether oxygens (including phenoxy) is 2. The van der Waals surface area contributed by atoms with E-state index in [9.17, 15) is 9.59 Å². The molecule has 0 radical (unpaired) electrons. The topological polar surface area (TPSA) is 101 Å². The number of rotatable bonds is 7. The molecular formula is C24H24N4O4. The third kappa shape index (κ3) is 5.63. The number of methoxy groups -OCH3 is 2. The smallest absolute Gasteiger partial charge is 0.329 e. The van der Waals surface area contributed by atoms with Gasteiger partial charge in [0.2, 0.25) is 0 Å². The first kappa shape index (κ1) is 22.4. The van der Waals surface area contributed by atoms with Crippen LogP contribution in [0.4, 0.5) is 17.1 Å². The fraction of sp³-hybridized carbons (Fsp3) is 0.125. The molecular weight excluding hydrogens is 408 g/mol. The van der Waals surface area contributed by atoms with Crippen molar-refractivity contribution in [1.82, 2.24) is 5.43 Å². The van der Waals surface area contributed by atoms with E-state index >= 15 is 0 Å². The van der Waals surface area contributed by atoms with E-state index in [0.717, 1.165) is 11.3 Å². The summed E-state index contributed by atoms with van der Waals surface area (Å²) in [5, 5.41) is 9.77. The minimum atomic E-state index is -0.902. The maximum absolute atomic E-state index is 12.1. The third-order valence-corrected chi connectivity index (χ3v) is 4.59. The molecule has 0 aliphatic rings. The van der Waals surface area contributed by atoms with Gasteiger partial charge in [-0.25, -0.2) is 5.43 Å². The van der Waals surface area contributed by atoms with Crippen LogP contribution in [0.5, 0.6) is 11.5 Å². The molecule has 0 saturated carbocycles. The highest BCUT2D eigenvalue weighted by Crippen LogP contribution is 2.31. The molecule has 3 aromatic rings. The summed E-state index contributed by atoms with van der Waals surface area (Å²) in [5.41, 5.74) is 6.00. The Kier molecular flexibility index (Phi) is 7.42. The Bertz CT molecular complexity index is 1140. The molecule has 0 bridgehead atoms. The molecule has 0 spiro atoms. The average molecular weight is 432 g/mol. The Hall–Kier alpha value is -4.33. The van der Waals surface area contributed by atoms with E-state index in [1.165, 1.54) is 13.3 Å². The lowest BCUT2D eigenvalue weighted by Crippen LogP contribution is -2.32. The van der Waals surface area contributed by atoms with Crippen LogP contribution in [0, 0.1) is 6.92 Å². The van der Waals surface area contributed by atoms with Gasteiger partial charge in [0.15, 0.2) is 0 Å². The molecule has 3 N–H and O–H groups in total. The molecule has 8 heteroatoms. The van der Waals surface area contributed by atoms with Crippen LogP contribution < -0.4 is 25.5 Å². The molecule has 3 aromatic carbocycles. The molecule has 0 saturated heterocycles. The van der Waals surface area contributed by atoms with Crippen LogP contribution in [0.3, 0.4) is 0 Å². The van der Waals surface area contributed by atoms with Crippen LogP contribution in [0.15, 0.2) is 71.8 Å². The molecule has 0 heterocycles. The first-order valence-electron chi connectivity index (χ1n) is 9.80. The lowest BCUT2D eigenvalue weighted by molar-refractivity contribution is -0.136. The zero-order valence-electron chi connectivity index (χ0n) is 18.0. The van der Waals surface area contributed by atoms with E-state index in [-0.39, 0.29) is 0 Å². The summed E-state index contributed by atoms with van der Waals surface area (Å²) < 4.78 is 10.6. The van der Waals surface area contributed by atoms with Gasteiger partial charge in [-0.05, 0) is 36.8 Å². The summed E-state index contributed by atoms with van der Waals surface area (Å²) >= 11 is 0. The highest BCUT2D eigenvalue weighted by Gasteiger charge is 2.14. The first-order chi connectivity index (χ1) is 15.5. The fourth-order valence-corrected chi connectivity index (χ4v) is 2.91. The molecule has 3 rings (SSSR count). The van der Waals surface area contributed by atoms with Crippen molar-refractivity contribution in [3.05, 3.63) is 77.9 Å². The van der Waals surface area contributed by atoms with Gasteiger partial charge >= 0.3 is 11.8 Å². The SMILES string of the molecule is COc1cccc(NC(=O)C(=O)N/N=C\c2cccc(OC)c2Nc2ccccc2C)c1. The van der Waals surface area contributed by atoms with Gasteiger partial charge in [-0.3, -0.25) is 9.59 Å². The Morgan fingerprint density at radius 3 is 2.44 bits per heavy atom. The summed E-state index contributed by atoms with van der Waals surface area (Å²) in [6, 6.07) is 20.0. The highest BCUT2D eigenvalue weighted by atomic mass is 16.5. The minimum Gasteiger partial charge on any atom is -0.497 e. The van der Waals surface area contributed by atoms with Gasteiger partial charge < -0.3 is 20.1 Å². The lowest BCUT2D eigenvalue weighted by atomic mass is 10.1. The second-order valence-electron chi connectivity index (χ2n) is 6.75. The second kappa shape index (κ2) is 10.6. The summed E-state index contributed by atoms with van der Waals surface area (Å²) in [6.45, 7) is 1.99. The molecule has 32 heavy (non-hydrogen) atoms. The van der Waals surface area contributed by atoms with Gasteiger partial charge in [0.1, 0.15) is 11.5 Å². The predicted molar refractivity (Wildman–Crippen MR) is 125 cm³/mol. The molecule has 0 fully saturated rings. The standard InChI is InChI=1S/C24H24N4O4/c1-16-8-4-5-12-20(16)27-22-17(9-6-13-21(22)32-3)15-25-28-24(30)23(29)26-18-10-7-11-19(14-18)31-2/h4-15,27H,1-3H3,(H,26,29)(H,28,30)/b25-15-. The summed E-state index contributed by atoms with van der Waals surface area (Å²) in [4.78, 5) is 24.3. The number of para-hydroxylation sites is 2. The molecule has 0 aromatic heterocycles. The molecule has 2 amide bonds. The van der Waals surface area contributed by atoms with E-state index in [0.29, 0.717) is 28.4 Å². The van der Waals surface area contributed by atoms with Gasteiger partial charge in [-0.1, -0.05) is 36.4 Å². The van der Waals surface area contributed by atoms with Crippen molar-refractivity contribution in [2.75, 3.05) is 24.9 Å². The number of nitrogens with one attached hydrogen (secondary N) is 3. The largest absolute Gasteiger partial charge is 0.497 e. The van der Waals surface area contributed by atoms with Crippen LogP contribution in [0.25, 0.3) is 0 Å². The van der Waals surface area contributed by atoms with Crippen LogP contribution in [0.1, 0.15) is 11.1 Å². The Balaban J connectivity index is 1.71. The number of amides is 2. The Morgan fingerprint density at radius 2 is 1.69 bits per heavy atom. The second-order valence-corrected chi connectivity index (χ2v) is 6.75. The van der Waals surface area contributed by atoms with Crippen LogP contribution in [0.2, 0.25) is 0 Å². The lowest BCUT2D eigenvalue weighted by Gasteiger charge is -2.15. The summed E-state index contributed by atoms with van der Waals surface area (Å²) in [5.74, 6) is -0.577. The van der Waals surface area contributed by atoms with Gasteiger partial charge in [0.05, 0.1) is 26.1 Å². The Morgan fingerprint density at radius 1 is 0.906 bits per heavy atom. The van der Waals surface area contributed by atoms with E-state index in [4.69, 9.17) is 9.47 Å². The number of hydrogen-bond donors (Lipinski definition) is 3. The number of anilines is 3. The molecule has 0 aliphatic carbocycles. The maximum atomic E-state index is 12.1. The van der Waals surface area contributed by atoms with Crippen molar-refractivity contribution in [3.63, 3.8) is 0 Å². The molecule has 0 unspecified atom stereocenters. The minimum absolute atomic E-state index is 0.436. The number of aryl methyl sites for hydroxylation is 1. The average Bonchev–Trinajstić information content (AvgIpc) is 2.81. The van der Waals surface area contributed by atoms with Gasteiger partial charge in [-0.2, -0.15) is 5.10 Å². The van der Waals surface area contributed by atoms with E-state index in [1.54, 1.807) is 37.4 Å². The van der Waals surface area contributed by atoms with Crippen molar-refractivity contribution in [2.24, 2.45) is 5.10 Å². The molecule has 0 aliphatic heterocycles. The number of benzene rings is 3. The van der Waals surface area contributed by atoms with Gasteiger partial charge in [0.25, 0.3) is 0 Å². The van der Waals surface area contributed by atoms with E-state index in [2.05, 4.69) is 21.2 Å². The molecule has 8 nitrogen and oxygen atoms in total. The van der Waals surface area contributed by atoms with Crippen molar-refractivity contribution < 1.29 is 19.1 Å². The van der Waals surface area contributed by atoms with Crippen LogP contribution in [-0.4, -0.2) is 32.2 Å². The third-order valence-electron chi connectivity index (χ3n) is 4.59. The normalized spacial score (nSPS) is 10.5. The summed E-state index contributed by atoms with van der Waals surface area (Å²) in [6.07, 6.45) is 1.44. The monoisotopic (exact) mass is 432 g/mol. The fourth-order valence-electron chi connectivity index (χ4n) is 2.91. The van der Waals surface area contributed by atoms with Crippen molar-refractivity contribution in [3.8, 4) is 11.5 Å². The van der Waals surface area contributed by atoms with E-state index < -0.39 is 11.8 Å². The number of hydrogen-bond acceptors (Lipinski definition) is 6. The van der Waals surface area contributed by atoms with Crippen molar-refractivity contribution in [2.45, 2.75) is 6.92 Å². The zero-order valence-corrected chi connectivity index (χ0v) is 18.0. The number of carbonyl (C=O) groups excluding carboxylic acids is 2. The first-order valence-corrected chi connectivity index (χ1v) is 9.80.